The molecule has 1 aromatic rings. The third kappa shape index (κ3) is 2.03. The van der Waals surface area contributed by atoms with Gasteiger partial charge in [0, 0.05) is 18.2 Å². The molecule has 2 atom stereocenters. The van der Waals surface area contributed by atoms with E-state index in [4.69, 9.17) is 4.74 Å². The molecule has 4 heteroatoms. The lowest BCUT2D eigenvalue weighted by molar-refractivity contribution is 0.0444. The summed E-state index contributed by atoms with van der Waals surface area (Å²) < 4.78 is 19.1. The lowest BCUT2D eigenvalue weighted by atomic mass is 9.91. The first-order valence-corrected chi connectivity index (χ1v) is 5.73. The number of aliphatic hydroxyl groups is 1. The van der Waals surface area contributed by atoms with Gasteiger partial charge in [-0.1, -0.05) is 12.1 Å². The van der Waals surface area contributed by atoms with E-state index in [2.05, 4.69) is 0 Å². The lowest BCUT2D eigenvalue weighted by Gasteiger charge is -2.24. The molecule has 1 aromatic carbocycles. The lowest BCUT2D eigenvalue weighted by Crippen LogP contribution is -2.30. The molecule has 0 saturated carbocycles. The number of hydrogen-bond donors (Lipinski definition) is 1. The van der Waals surface area contributed by atoms with Gasteiger partial charge in [0.1, 0.15) is 5.60 Å². The van der Waals surface area contributed by atoms with Gasteiger partial charge in [0.05, 0.1) is 7.11 Å². The number of benzene rings is 1. The molecule has 0 amide bonds. The van der Waals surface area contributed by atoms with Gasteiger partial charge in [-0.2, -0.15) is 0 Å². The zero-order valence-corrected chi connectivity index (χ0v) is 10.4. The standard InChI is InChI=1S/C13H18FNO2/c1-9-7-13(16,8-15(9)2)10-5-4-6-11(17-3)12(10)14/h4-6,9,16H,7-8H2,1-3H3. The molecule has 1 saturated heterocycles. The summed E-state index contributed by atoms with van der Waals surface area (Å²) in [5.74, 6) is -0.280. The first kappa shape index (κ1) is 12.3. The van der Waals surface area contributed by atoms with E-state index in [1.54, 1.807) is 18.2 Å². The largest absolute Gasteiger partial charge is 0.494 e. The van der Waals surface area contributed by atoms with Crippen LogP contribution in [0.25, 0.3) is 0 Å². The topological polar surface area (TPSA) is 32.7 Å². The van der Waals surface area contributed by atoms with Crippen LogP contribution in [0.15, 0.2) is 18.2 Å². The van der Waals surface area contributed by atoms with E-state index in [1.807, 2.05) is 18.9 Å². The van der Waals surface area contributed by atoms with E-state index in [-0.39, 0.29) is 11.8 Å². The van der Waals surface area contributed by atoms with Crippen molar-refractivity contribution in [2.24, 2.45) is 0 Å². The molecule has 1 aliphatic rings. The third-order valence-corrected chi connectivity index (χ3v) is 3.58. The van der Waals surface area contributed by atoms with Crippen molar-refractivity contribution in [2.75, 3.05) is 20.7 Å². The van der Waals surface area contributed by atoms with Gasteiger partial charge in [-0.15, -0.1) is 0 Å². The molecule has 0 aliphatic carbocycles. The third-order valence-electron chi connectivity index (χ3n) is 3.58. The van der Waals surface area contributed by atoms with Crippen molar-refractivity contribution in [2.45, 2.75) is 25.0 Å². The molecule has 17 heavy (non-hydrogen) atoms. The van der Waals surface area contributed by atoms with Crippen LogP contribution in [0.2, 0.25) is 0 Å². The Balaban J connectivity index is 2.41. The number of hydrogen-bond acceptors (Lipinski definition) is 3. The summed E-state index contributed by atoms with van der Waals surface area (Å²) in [6, 6.07) is 5.14. The molecule has 0 radical (unpaired) electrons. The van der Waals surface area contributed by atoms with Crippen LogP contribution in [-0.4, -0.2) is 36.8 Å². The Bertz CT molecular complexity index is 412. The van der Waals surface area contributed by atoms with Gasteiger partial charge in [0.25, 0.3) is 0 Å². The molecule has 0 aromatic heterocycles. The minimum atomic E-state index is -1.12. The average molecular weight is 239 g/mol. The summed E-state index contributed by atoms with van der Waals surface area (Å²) in [6.07, 6.45) is 0.535. The molecular weight excluding hydrogens is 221 g/mol. The van der Waals surface area contributed by atoms with Crippen molar-refractivity contribution in [3.05, 3.63) is 29.6 Å². The number of ether oxygens (including phenoxy) is 1. The van der Waals surface area contributed by atoms with Crippen molar-refractivity contribution in [1.82, 2.24) is 4.90 Å². The van der Waals surface area contributed by atoms with Crippen LogP contribution in [-0.2, 0) is 5.60 Å². The van der Waals surface area contributed by atoms with Gasteiger partial charge in [-0.3, -0.25) is 0 Å². The maximum atomic E-state index is 14.1. The SMILES string of the molecule is COc1cccc(C2(O)CC(C)N(C)C2)c1F. The molecule has 1 fully saturated rings. The van der Waals surface area contributed by atoms with E-state index in [0.717, 1.165) is 0 Å². The van der Waals surface area contributed by atoms with E-state index in [9.17, 15) is 9.50 Å². The first-order valence-electron chi connectivity index (χ1n) is 5.73. The molecule has 1 heterocycles. The van der Waals surface area contributed by atoms with E-state index in [0.29, 0.717) is 18.5 Å². The van der Waals surface area contributed by atoms with Crippen LogP contribution in [0.3, 0.4) is 0 Å². The maximum Gasteiger partial charge on any atom is 0.171 e. The monoisotopic (exact) mass is 239 g/mol. The summed E-state index contributed by atoms with van der Waals surface area (Å²) >= 11 is 0. The molecule has 3 nitrogen and oxygen atoms in total. The summed E-state index contributed by atoms with van der Waals surface area (Å²) in [4.78, 5) is 2.03. The molecular formula is C13H18FNO2. The highest BCUT2D eigenvalue weighted by Crippen LogP contribution is 2.38. The molecule has 1 N–H and O–H groups in total. The zero-order chi connectivity index (χ0) is 12.6. The van der Waals surface area contributed by atoms with E-state index < -0.39 is 11.4 Å². The summed E-state index contributed by atoms with van der Waals surface area (Å²) in [5, 5.41) is 10.6. The number of β-amino-alcohol motifs (C(OH)–C–C–N with tert-alkyl or cyclic N) is 1. The number of nitrogens with zero attached hydrogens (tertiary/aromatic N) is 1. The predicted octanol–water partition coefficient (Wildman–Crippen LogP) is 1.75. The first-order chi connectivity index (χ1) is 7.98. The Hall–Kier alpha value is -1.13. The van der Waals surface area contributed by atoms with Gasteiger partial charge < -0.3 is 14.7 Å². The molecule has 1 aliphatic heterocycles. The highest BCUT2D eigenvalue weighted by Gasteiger charge is 2.42. The van der Waals surface area contributed by atoms with Crippen LogP contribution in [0.4, 0.5) is 4.39 Å². The van der Waals surface area contributed by atoms with Crippen molar-refractivity contribution in [3.8, 4) is 5.75 Å². The van der Waals surface area contributed by atoms with Gasteiger partial charge in [-0.25, -0.2) is 4.39 Å². The fraction of sp³-hybridized carbons (Fsp3) is 0.538. The molecule has 0 bridgehead atoms. The minimum absolute atomic E-state index is 0.179. The van der Waals surface area contributed by atoms with E-state index in [1.165, 1.54) is 7.11 Å². The molecule has 2 rings (SSSR count). The molecule has 2 unspecified atom stereocenters. The van der Waals surface area contributed by atoms with Crippen LogP contribution in [0, 0.1) is 5.82 Å². The van der Waals surface area contributed by atoms with Gasteiger partial charge in [-0.05, 0) is 26.5 Å². The van der Waals surface area contributed by atoms with Crippen molar-refractivity contribution < 1.29 is 14.2 Å². The number of rotatable bonds is 2. The normalized spacial score (nSPS) is 29.6. The van der Waals surface area contributed by atoms with Crippen LogP contribution < -0.4 is 4.74 Å². The predicted molar refractivity (Wildman–Crippen MR) is 63.6 cm³/mol. The Morgan fingerprint density at radius 1 is 1.53 bits per heavy atom. The maximum absolute atomic E-state index is 14.1. The van der Waals surface area contributed by atoms with Gasteiger partial charge in [0.2, 0.25) is 0 Å². The number of halogens is 1. The van der Waals surface area contributed by atoms with Crippen molar-refractivity contribution in [3.63, 3.8) is 0 Å². The van der Waals surface area contributed by atoms with Gasteiger partial charge in [0.15, 0.2) is 11.6 Å². The summed E-state index contributed by atoms with van der Waals surface area (Å²) in [7, 11) is 3.36. The number of methoxy groups -OCH3 is 1. The average Bonchev–Trinajstić information content (AvgIpc) is 2.54. The number of likely N-dealkylation sites (N-methyl/N-ethyl adjacent to an activating group) is 1. The minimum Gasteiger partial charge on any atom is -0.494 e. The number of likely N-dealkylation sites (tertiary alicyclic amines) is 1. The Morgan fingerprint density at radius 3 is 2.76 bits per heavy atom. The van der Waals surface area contributed by atoms with Crippen LogP contribution >= 0.6 is 0 Å². The van der Waals surface area contributed by atoms with Gasteiger partial charge >= 0.3 is 0 Å². The van der Waals surface area contributed by atoms with Crippen LogP contribution in [0.5, 0.6) is 5.75 Å². The summed E-state index contributed by atoms with van der Waals surface area (Å²) in [6.45, 7) is 2.47. The molecule has 0 spiro atoms. The Kier molecular flexibility index (Phi) is 3.10. The van der Waals surface area contributed by atoms with Crippen molar-refractivity contribution >= 4 is 0 Å². The second kappa shape index (κ2) is 4.27. The van der Waals surface area contributed by atoms with E-state index >= 15 is 0 Å². The second-order valence-electron chi connectivity index (χ2n) is 4.82. The summed E-state index contributed by atoms with van der Waals surface area (Å²) in [5.41, 5.74) is -0.791. The second-order valence-corrected chi connectivity index (χ2v) is 4.82. The zero-order valence-electron chi connectivity index (χ0n) is 10.4. The fourth-order valence-electron chi connectivity index (χ4n) is 2.50. The smallest absolute Gasteiger partial charge is 0.171 e. The fourth-order valence-corrected chi connectivity index (χ4v) is 2.50. The Morgan fingerprint density at radius 2 is 2.24 bits per heavy atom. The van der Waals surface area contributed by atoms with Crippen molar-refractivity contribution in [1.29, 1.82) is 0 Å². The quantitative estimate of drug-likeness (QED) is 0.853. The Labute approximate surface area is 101 Å². The molecule has 94 valence electrons. The highest BCUT2D eigenvalue weighted by molar-refractivity contribution is 5.35. The van der Waals surface area contributed by atoms with Crippen LogP contribution in [0.1, 0.15) is 18.9 Å². The highest BCUT2D eigenvalue weighted by atomic mass is 19.1.